The molecule has 0 amide bonds. The highest BCUT2D eigenvalue weighted by molar-refractivity contribution is 5.94. The number of hydrogen-bond donors (Lipinski definition) is 3. The molecule has 60 valence electrons. The number of halogens is 1. The van der Waals surface area contributed by atoms with E-state index in [4.69, 9.17) is 16.4 Å². The quantitative estimate of drug-likeness (QED) is 0.380. The van der Waals surface area contributed by atoms with Gasteiger partial charge in [0.15, 0.2) is 0 Å². The highest BCUT2D eigenvalue weighted by atomic mass is 19.1. The predicted octanol–water partition coefficient (Wildman–Crippen LogP) is 0.364. The monoisotopic (exact) mass is 157 g/mol. The van der Waals surface area contributed by atoms with Crippen LogP contribution in [0.5, 0.6) is 0 Å². The minimum atomic E-state index is -0.461. The average molecular weight is 157 g/mol. The number of nitrogens with one attached hydrogen (secondary N) is 1. The van der Waals surface area contributed by atoms with Crippen molar-refractivity contribution in [2.75, 3.05) is 6.54 Å². The van der Waals surface area contributed by atoms with Crippen molar-refractivity contribution in [3.63, 3.8) is 0 Å². The molecule has 0 aromatic heterocycles. The molecule has 1 rings (SSSR count). The van der Waals surface area contributed by atoms with Crippen molar-refractivity contribution in [1.29, 1.82) is 5.41 Å². The Bertz CT molecular complexity index is 246. The molecule has 4 N–H and O–H groups in total. The molecule has 5 heteroatoms. The number of hydroxylamine groups is 2. The molecule has 0 saturated heterocycles. The van der Waals surface area contributed by atoms with E-state index in [1.165, 1.54) is 12.2 Å². The lowest BCUT2D eigenvalue weighted by molar-refractivity contribution is -0.0451. The van der Waals surface area contributed by atoms with Crippen LogP contribution >= 0.6 is 0 Å². The molecule has 0 bridgehead atoms. The highest BCUT2D eigenvalue weighted by Crippen LogP contribution is 2.12. The topological polar surface area (TPSA) is 73.3 Å². The van der Waals surface area contributed by atoms with Crippen molar-refractivity contribution in [2.45, 2.75) is 0 Å². The lowest BCUT2D eigenvalue weighted by Crippen LogP contribution is -2.31. The van der Waals surface area contributed by atoms with Gasteiger partial charge in [0.1, 0.15) is 17.4 Å². The first-order valence-electron chi connectivity index (χ1n) is 2.98. The molecule has 0 saturated carbocycles. The van der Waals surface area contributed by atoms with Crippen LogP contribution in [0.25, 0.3) is 0 Å². The molecule has 0 unspecified atom stereocenters. The maximum absolute atomic E-state index is 12.4. The second kappa shape index (κ2) is 2.71. The van der Waals surface area contributed by atoms with Crippen molar-refractivity contribution >= 4 is 5.84 Å². The Morgan fingerprint density at radius 3 is 2.82 bits per heavy atom. The molecule has 0 fully saturated rings. The Kier molecular flexibility index (Phi) is 1.91. The summed E-state index contributed by atoms with van der Waals surface area (Å²) in [7, 11) is 0. The molecule has 0 atom stereocenters. The Morgan fingerprint density at radius 1 is 1.73 bits per heavy atom. The molecule has 0 aromatic carbocycles. The van der Waals surface area contributed by atoms with Gasteiger partial charge in [-0.25, -0.2) is 9.45 Å². The minimum absolute atomic E-state index is 0.117. The molecule has 0 aromatic rings. The molecule has 11 heavy (non-hydrogen) atoms. The third kappa shape index (κ3) is 1.56. The third-order valence-electron chi connectivity index (χ3n) is 1.28. The number of allylic oxidation sites excluding steroid dienone is 2. The smallest absolute Gasteiger partial charge is 0.141 e. The third-order valence-corrected chi connectivity index (χ3v) is 1.28. The zero-order chi connectivity index (χ0) is 8.43. The zero-order valence-electron chi connectivity index (χ0n) is 5.71. The van der Waals surface area contributed by atoms with E-state index in [0.29, 0.717) is 5.06 Å². The first-order chi connectivity index (χ1) is 5.11. The van der Waals surface area contributed by atoms with Crippen LogP contribution in [0.3, 0.4) is 0 Å². The highest BCUT2D eigenvalue weighted by Gasteiger charge is 2.14. The van der Waals surface area contributed by atoms with Gasteiger partial charge < -0.3 is 5.73 Å². The summed E-state index contributed by atoms with van der Waals surface area (Å²) < 4.78 is 12.4. The number of rotatable bonds is 1. The van der Waals surface area contributed by atoms with Crippen molar-refractivity contribution in [2.24, 2.45) is 5.73 Å². The van der Waals surface area contributed by atoms with E-state index >= 15 is 0 Å². The molecular weight excluding hydrogens is 149 g/mol. The van der Waals surface area contributed by atoms with Crippen LogP contribution in [0.2, 0.25) is 0 Å². The molecule has 1 aliphatic heterocycles. The van der Waals surface area contributed by atoms with Crippen LogP contribution in [0.1, 0.15) is 0 Å². The van der Waals surface area contributed by atoms with E-state index in [9.17, 15) is 4.39 Å². The maximum atomic E-state index is 12.4. The van der Waals surface area contributed by atoms with E-state index in [-0.39, 0.29) is 18.1 Å². The van der Waals surface area contributed by atoms with Crippen molar-refractivity contribution in [1.82, 2.24) is 5.06 Å². The van der Waals surface area contributed by atoms with Crippen LogP contribution in [0, 0.1) is 5.41 Å². The Morgan fingerprint density at radius 2 is 2.36 bits per heavy atom. The predicted molar refractivity (Wildman–Crippen MR) is 37.7 cm³/mol. The van der Waals surface area contributed by atoms with Gasteiger partial charge in [0.2, 0.25) is 0 Å². The van der Waals surface area contributed by atoms with E-state index in [2.05, 4.69) is 0 Å². The lowest BCUT2D eigenvalue weighted by atomic mass is 10.2. The number of hydrogen-bond acceptors (Lipinski definition) is 3. The Hall–Kier alpha value is -1.36. The van der Waals surface area contributed by atoms with Gasteiger partial charge in [0.25, 0.3) is 0 Å². The summed E-state index contributed by atoms with van der Waals surface area (Å²) in [6.45, 7) is -0.245. The fourth-order valence-corrected chi connectivity index (χ4v) is 0.765. The first kappa shape index (κ1) is 7.74. The van der Waals surface area contributed by atoms with Gasteiger partial charge in [-0.1, -0.05) is 0 Å². The first-order valence-corrected chi connectivity index (χ1v) is 2.98. The maximum Gasteiger partial charge on any atom is 0.141 e. The van der Waals surface area contributed by atoms with Gasteiger partial charge in [-0.3, -0.25) is 10.6 Å². The van der Waals surface area contributed by atoms with E-state index in [1.807, 2.05) is 0 Å². The van der Waals surface area contributed by atoms with Gasteiger partial charge in [-0.2, -0.15) is 0 Å². The van der Waals surface area contributed by atoms with Crippen LogP contribution in [0.4, 0.5) is 4.39 Å². The van der Waals surface area contributed by atoms with Crippen LogP contribution in [0.15, 0.2) is 23.7 Å². The normalized spacial score (nSPS) is 17.5. The molecule has 1 heterocycles. The van der Waals surface area contributed by atoms with Crippen molar-refractivity contribution in [3.05, 3.63) is 23.7 Å². The van der Waals surface area contributed by atoms with Crippen LogP contribution < -0.4 is 5.73 Å². The van der Waals surface area contributed by atoms with E-state index in [1.54, 1.807) is 0 Å². The summed E-state index contributed by atoms with van der Waals surface area (Å²) in [5.41, 5.74) is 5.18. The largest absolute Gasteiger partial charge is 0.382 e. The molecule has 4 nitrogen and oxygen atoms in total. The minimum Gasteiger partial charge on any atom is -0.382 e. The average Bonchev–Trinajstić information content (AvgIpc) is 1.85. The van der Waals surface area contributed by atoms with Crippen LogP contribution in [-0.2, 0) is 0 Å². The Balaban J connectivity index is 2.87. The summed E-state index contributed by atoms with van der Waals surface area (Å²) in [6, 6.07) is 0. The summed E-state index contributed by atoms with van der Waals surface area (Å²) in [4.78, 5) is 0. The molecule has 0 radical (unpaired) electrons. The van der Waals surface area contributed by atoms with Crippen molar-refractivity contribution < 1.29 is 9.60 Å². The van der Waals surface area contributed by atoms with Gasteiger partial charge >= 0.3 is 0 Å². The summed E-state index contributed by atoms with van der Waals surface area (Å²) in [5, 5.41) is 16.5. The SMILES string of the molecule is N=C(N)C1=CC=C(F)CN1O. The standard InChI is InChI=1S/C6H8FN3O/c7-4-1-2-5(6(8)9)10(11)3-4/h1-2,11H,3H2,(H3,8,9). The number of nitrogens with zero attached hydrogens (tertiary/aromatic N) is 1. The zero-order valence-corrected chi connectivity index (χ0v) is 5.71. The molecule has 0 aliphatic carbocycles. The summed E-state index contributed by atoms with van der Waals surface area (Å²) in [6.07, 6.45) is 2.42. The van der Waals surface area contributed by atoms with Gasteiger partial charge in [0, 0.05) is 0 Å². The lowest BCUT2D eigenvalue weighted by Gasteiger charge is -2.20. The number of nitrogens with two attached hydrogens (primary N) is 1. The number of amidine groups is 1. The summed E-state index contributed by atoms with van der Waals surface area (Å²) in [5.74, 6) is -0.742. The van der Waals surface area contributed by atoms with E-state index < -0.39 is 5.83 Å². The summed E-state index contributed by atoms with van der Waals surface area (Å²) >= 11 is 0. The fraction of sp³-hybridized carbons (Fsp3) is 0.167. The van der Waals surface area contributed by atoms with Gasteiger partial charge in [0.05, 0.1) is 6.54 Å². The van der Waals surface area contributed by atoms with E-state index in [0.717, 1.165) is 0 Å². The molecule has 0 spiro atoms. The van der Waals surface area contributed by atoms with Gasteiger partial charge in [-0.05, 0) is 12.2 Å². The molecular formula is C6H8FN3O. The molecule has 1 aliphatic rings. The second-order valence-corrected chi connectivity index (χ2v) is 2.14. The second-order valence-electron chi connectivity index (χ2n) is 2.14. The Labute approximate surface area is 62.9 Å². The fourth-order valence-electron chi connectivity index (χ4n) is 0.765. The van der Waals surface area contributed by atoms with Crippen LogP contribution in [-0.4, -0.2) is 22.7 Å². The van der Waals surface area contributed by atoms with Gasteiger partial charge in [-0.15, -0.1) is 0 Å². The van der Waals surface area contributed by atoms with Crippen molar-refractivity contribution in [3.8, 4) is 0 Å².